The molecule has 1 aromatic carbocycles. The molecule has 1 saturated carbocycles. The van der Waals surface area contributed by atoms with Crippen molar-refractivity contribution in [3.63, 3.8) is 0 Å². The van der Waals surface area contributed by atoms with Gasteiger partial charge in [0.05, 0.1) is 25.9 Å². The van der Waals surface area contributed by atoms with Gasteiger partial charge < -0.3 is 14.2 Å². The lowest BCUT2D eigenvalue weighted by atomic mass is 9.72. The number of ether oxygens (including phenoxy) is 3. The van der Waals surface area contributed by atoms with Crippen molar-refractivity contribution >= 4 is 0 Å². The molecule has 4 heteroatoms. The van der Waals surface area contributed by atoms with Crippen LogP contribution < -0.4 is 0 Å². The second-order valence-corrected chi connectivity index (χ2v) is 9.58. The molecule has 0 bridgehead atoms. The molecule has 166 valence electrons. The van der Waals surface area contributed by atoms with Crippen molar-refractivity contribution < 1.29 is 18.6 Å². The third kappa shape index (κ3) is 5.15. The van der Waals surface area contributed by atoms with Crippen molar-refractivity contribution in [2.75, 3.05) is 19.8 Å². The number of halogens is 1. The zero-order chi connectivity index (χ0) is 21.0. The van der Waals surface area contributed by atoms with Crippen molar-refractivity contribution in [2.24, 2.45) is 11.8 Å². The molecule has 2 atom stereocenters. The van der Waals surface area contributed by atoms with Gasteiger partial charge in [-0.25, -0.2) is 4.39 Å². The maximum Gasteiger partial charge on any atom is 0.184 e. The zero-order valence-corrected chi connectivity index (χ0v) is 18.4. The highest BCUT2D eigenvalue weighted by Gasteiger charge is 2.37. The second-order valence-electron chi connectivity index (χ2n) is 9.58. The minimum absolute atomic E-state index is 0.121. The van der Waals surface area contributed by atoms with Crippen LogP contribution in [-0.2, 0) is 14.2 Å². The molecule has 2 saturated heterocycles. The SMILES string of the molecule is C=CC1CCC(C2CCC(c3ccc(C4OCC(F)(CCC)CO4)cc3)CC2)CO1. The average Bonchev–Trinajstić information content (AvgIpc) is 2.80. The Balaban J connectivity index is 1.26. The minimum Gasteiger partial charge on any atom is -0.374 e. The highest BCUT2D eigenvalue weighted by molar-refractivity contribution is 5.26. The molecule has 0 aromatic heterocycles. The Labute approximate surface area is 181 Å². The van der Waals surface area contributed by atoms with Crippen LogP contribution in [0.2, 0.25) is 0 Å². The summed E-state index contributed by atoms with van der Waals surface area (Å²) in [6.07, 6.45) is 10.6. The molecule has 4 rings (SSSR count). The van der Waals surface area contributed by atoms with E-state index >= 15 is 0 Å². The molecule has 3 aliphatic rings. The maximum absolute atomic E-state index is 14.5. The molecule has 3 fully saturated rings. The van der Waals surface area contributed by atoms with Gasteiger partial charge in [-0.05, 0) is 68.3 Å². The number of benzene rings is 1. The van der Waals surface area contributed by atoms with Crippen molar-refractivity contribution in [2.45, 2.75) is 82.3 Å². The fourth-order valence-electron chi connectivity index (χ4n) is 5.52. The molecule has 3 nitrogen and oxygen atoms in total. The van der Waals surface area contributed by atoms with E-state index in [2.05, 4.69) is 30.8 Å². The number of alkyl halides is 1. The Kier molecular flexibility index (Phi) is 7.28. The monoisotopic (exact) mass is 416 g/mol. The Morgan fingerprint density at radius 3 is 2.13 bits per heavy atom. The normalized spacial score (nSPS) is 37.6. The van der Waals surface area contributed by atoms with Crippen LogP contribution in [0.15, 0.2) is 36.9 Å². The van der Waals surface area contributed by atoms with E-state index in [1.165, 1.54) is 37.7 Å². The fourth-order valence-corrected chi connectivity index (χ4v) is 5.52. The van der Waals surface area contributed by atoms with Gasteiger partial charge in [-0.2, -0.15) is 0 Å². The molecule has 0 spiro atoms. The minimum atomic E-state index is -1.33. The van der Waals surface area contributed by atoms with E-state index in [0.29, 0.717) is 12.3 Å². The molecule has 1 aromatic rings. The summed E-state index contributed by atoms with van der Waals surface area (Å²) in [5, 5.41) is 0. The Bertz CT molecular complexity index is 664. The summed E-state index contributed by atoms with van der Waals surface area (Å²) in [6.45, 7) is 6.99. The molecular weight excluding hydrogens is 379 g/mol. The Morgan fingerprint density at radius 1 is 0.933 bits per heavy atom. The van der Waals surface area contributed by atoms with Crippen LogP contribution in [0.1, 0.15) is 81.6 Å². The third-order valence-electron chi connectivity index (χ3n) is 7.41. The summed E-state index contributed by atoms with van der Waals surface area (Å²) in [4.78, 5) is 0. The first kappa shape index (κ1) is 22.0. The molecule has 2 heterocycles. The van der Waals surface area contributed by atoms with Crippen molar-refractivity contribution in [1.82, 2.24) is 0 Å². The van der Waals surface area contributed by atoms with Crippen LogP contribution in [0.25, 0.3) is 0 Å². The van der Waals surface area contributed by atoms with Gasteiger partial charge >= 0.3 is 0 Å². The molecule has 2 unspecified atom stereocenters. The average molecular weight is 417 g/mol. The lowest BCUT2D eigenvalue weighted by Crippen LogP contribution is -2.41. The Morgan fingerprint density at radius 2 is 1.57 bits per heavy atom. The molecule has 1 aliphatic carbocycles. The summed E-state index contributed by atoms with van der Waals surface area (Å²) >= 11 is 0. The van der Waals surface area contributed by atoms with Crippen molar-refractivity contribution in [1.29, 1.82) is 0 Å². The summed E-state index contributed by atoms with van der Waals surface area (Å²) < 4.78 is 31.8. The first-order valence-electron chi connectivity index (χ1n) is 11.9. The van der Waals surface area contributed by atoms with E-state index < -0.39 is 12.0 Å². The predicted octanol–water partition coefficient (Wildman–Crippen LogP) is 6.50. The molecule has 0 N–H and O–H groups in total. The van der Waals surface area contributed by atoms with Crippen LogP contribution in [0.5, 0.6) is 0 Å². The van der Waals surface area contributed by atoms with Crippen LogP contribution in [0.4, 0.5) is 4.39 Å². The lowest BCUT2D eigenvalue weighted by molar-refractivity contribution is -0.238. The number of rotatable bonds is 6. The first-order chi connectivity index (χ1) is 14.6. The van der Waals surface area contributed by atoms with E-state index in [4.69, 9.17) is 14.2 Å². The second kappa shape index (κ2) is 9.93. The quantitative estimate of drug-likeness (QED) is 0.496. The highest BCUT2D eigenvalue weighted by Crippen LogP contribution is 2.42. The van der Waals surface area contributed by atoms with Crippen LogP contribution in [0, 0.1) is 11.8 Å². The molecule has 30 heavy (non-hydrogen) atoms. The third-order valence-corrected chi connectivity index (χ3v) is 7.41. The van der Waals surface area contributed by atoms with Crippen LogP contribution in [0.3, 0.4) is 0 Å². The molecular formula is C26H37FO3. The maximum atomic E-state index is 14.5. The van der Waals surface area contributed by atoms with Gasteiger partial charge in [0.25, 0.3) is 0 Å². The predicted molar refractivity (Wildman–Crippen MR) is 117 cm³/mol. The summed E-state index contributed by atoms with van der Waals surface area (Å²) in [6, 6.07) is 8.63. The van der Waals surface area contributed by atoms with E-state index in [0.717, 1.165) is 36.8 Å². The fraction of sp³-hybridized carbons (Fsp3) is 0.692. The lowest BCUT2D eigenvalue weighted by Gasteiger charge is -2.37. The van der Waals surface area contributed by atoms with Crippen molar-refractivity contribution in [3.05, 3.63) is 48.0 Å². The van der Waals surface area contributed by atoms with Gasteiger partial charge in [-0.15, -0.1) is 6.58 Å². The summed E-state index contributed by atoms with van der Waals surface area (Å²) in [7, 11) is 0. The standard InChI is InChI=1S/C26H37FO3/c1-3-15-26(27)17-29-25(30-18-26)22-11-9-20(10-12-22)19-5-7-21(8-6-19)23-13-14-24(4-2)28-16-23/h4,9-12,19,21,23-25H,2-3,5-8,13-18H2,1H3. The summed E-state index contributed by atoms with van der Waals surface area (Å²) in [5.74, 6) is 2.16. The van der Waals surface area contributed by atoms with Crippen molar-refractivity contribution in [3.8, 4) is 0 Å². The topological polar surface area (TPSA) is 27.7 Å². The van der Waals surface area contributed by atoms with E-state index in [1.54, 1.807) is 0 Å². The van der Waals surface area contributed by atoms with Crippen LogP contribution in [-0.4, -0.2) is 31.6 Å². The van der Waals surface area contributed by atoms with Gasteiger partial charge in [-0.1, -0.05) is 43.7 Å². The van der Waals surface area contributed by atoms with E-state index in [-0.39, 0.29) is 19.3 Å². The van der Waals surface area contributed by atoms with E-state index in [9.17, 15) is 4.39 Å². The highest BCUT2D eigenvalue weighted by atomic mass is 19.1. The number of hydrogen-bond donors (Lipinski definition) is 0. The molecule has 2 aliphatic heterocycles. The zero-order valence-electron chi connectivity index (χ0n) is 18.4. The van der Waals surface area contributed by atoms with Gasteiger partial charge in [-0.3, -0.25) is 0 Å². The van der Waals surface area contributed by atoms with Crippen LogP contribution >= 0.6 is 0 Å². The van der Waals surface area contributed by atoms with Gasteiger partial charge in [0.15, 0.2) is 12.0 Å². The van der Waals surface area contributed by atoms with Gasteiger partial charge in [0.1, 0.15) is 0 Å². The molecule has 0 amide bonds. The van der Waals surface area contributed by atoms with Gasteiger partial charge in [0, 0.05) is 5.56 Å². The van der Waals surface area contributed by atoms with E-state index in [1.807, 2.05) is 13.0 Å². The summed E-state index contributed by atoms with van der Waals surface area (Å²) in [5.41, 5.74) is 1.06. The smallest absolute Gasteiger partial charge is 0.184 e. The largest absolute Gasteiger partial charge is 0.374 e. The first-order valence-corrected chi connectivity index (χ1v) is 11.9. The Hall–Kier alpha value is -1.23. The van der Waals surface area contributed by atoms with Gasteiger partial charge in [0.2, 0.25) is 0 Å². The number of hydrogen-bond acceptors (Lipinski definition) is 3. The molecule has 0 radical (unpaired) electrons.